The summed E-state index contributed by atoms with van der Waals surface area (Å²) in [6, 6.07) is 23.0. The Hall–Kier alpha value is -4.70. The first-order valence-electron chi connectivity index (χ1n) is 19.7. The van der Waals surface area contributed by atoms with E-state index in [9.17, 15) is 0 Å². The van der Waals surface area contributed by atoms with Gasteiger partial charge in [0.1, 0.15) is 18.7 Å². The van der Waals surface area contributed by atoms with Gasteiger partial charge in [0.15, 0.2) is 18.1 Å². The first-order chi connectivity index (χ1) is 25.4. The van der Waals surface area contributed by atoms with Crippen LogP contribution in [0.4, 0.5) is 8.78 Å². The minimum absolute atomic E-state index is 0.142. The molecule has 0 amide bonds. The van der Waals surface area contributed by atoms with Gasteiger partial charge in [-0.05, 0) is 82.5 Å². The van der Waals surface area contributed by atoms with Gasteiger partial charge in [-0.3, -0.25) is 0 Å². The van der Waals surface area contributed by atoms with E-state index in [4.69, 9.17) is 0 Å². The zero-order valence-electron chi connectivity index (χ0n) is 32.5. The van der Waals surface area contributed by atoms with Crippen LogP contribution in [0.15, 0.2) is 85.2 Å². The number of halogens is 2. The van der Waals surface area contributed by atoms with E-state index in [1.165, 1.54) is 38.2 Å². The average molecular weight is 705 g/mol. The molecule has 0 fully saturated rings. The molecule has 268 valence electrons. The Kier molecular flexibility index (Phi) is 7.49. The van der Waals surface area contributed by atoms with Crippen molar-refractivity contribution in [3.63, 3.8) is 0 Å². The third-order valence-electron chi connectivity index (χ3n) is 13.6. The summed E-state index contributed by atoms with van der Waals surface area (Å²) in [5, 5.41) is 4.88. The number of fused-ring (bicyclic) bond motifs is 2. The number of hydrogen-bond donors (Lipinski definition) is 0. The van der Waals surface area contributed by atoms with Crippen LogP contribution in [-0.4, -0.2) is 0 Å². The van der Waals surface area contributed by atoms with Crippen molar-refractivity contribution in [3.8, 4) is 22.5 Å². The lowest BCUT2D eigenvalue weighted by Gasteiger charge is -2.37. The minimum atomic E-state index is -0.537. The molecule has 0 spiro atoms. The predicted octanol–water partition coefficient (Wildman–Crippen LogP) is 11.5. The first-order valence-corrected chi connectivity index (χ1v) is 19.7. The second-order valence-electron chi connectivity index (χ2n) is 17.0. The fraction of sp³-hybridized carbons (Fsp3) is 0.347. The number of benzene rings is 4. The summed E-state index contributed by atoms with van der Waals surface area (Å²) < 4.78 is 37.6. The van der Waals surface area contributed by atoms with Gasteiger partial charge < -0.3 is 0 Å². The third kappa shape index (κ3) is 4.47. The van der Waals surface area contributed by atoms with E-state index in [1.54, 1.807) is 12.1 Å². The van der Waals surface area contributed by atoms with Gasteiger partial charge in [0.25, 0.3) is 0 Å². The monoisotopic (exact) mass is 704 g/mol. The van der Waals surface area contributed by atoms with Crippen molar-refractivity contribution in [2.45, 2.75) is 103 Å². The molecule has 1 aliphatic heterocycles. The highest BCUT2D eigenvalue weighted by molar-refractivity contribution is 6.04. The van der Waals surface area contributed by atoms with Crippen LogP contribution in [0.5, 0.6) is 0 Å². The molecule has 0 radical (unpaired) electrons. The standard InChI is InChI=1S/C49H50F2N2/c1-9-12-14-29-17-19-35-41-33(29)24-26-53-32(28-49(10-2,11-3)36-20-22-38(51)44(48(35,6)7)42(36)46(41)53)27-31-18-21-37(50)43-40(31)45-39-30(23-25-52(45)8)15-13-16-34(39)47(43,4)5/h13,15-26,28H,9-12,14,27H2,1-8H3/q+2. The molecule has 9 rings (SSSR count). The molecule has 0 saturated carbocycles. The molecule has 2 nitrogen and oxygen atoms in total. The molecule has 4 aromatic carbocycles. The van der Waals surface area contributed by atoms with Crippen LogP contribution in [0, 0.1) is 11.6 Å². The van der Waals surface area contributed by atoms with Crippen LogP contribution in [0.1, 0.15) is 113 Å². The second kappa shape index (κ2) is 11.6. The van der Waals surface area contributed by atoms with E-state index in [1.807, 2.05) is 6.07 Å². The molecule has 3 aliphatic rings. The normalized spacial score (nSPS) is 16.8. The zero-order chi connectivity index (χ0) is 37.2. The van der Waals surface area contributed by atoms with Crippen molar-refractivity contribution in [3.05, 3.63) is 136 Å². The van der Waals surface area contributed by atoms with Crippen molar-refractivity contribution in [1.82, 2.24) is 0 Å². The summed E-state index contributed by atoms with van der Waals surface area (Å²) in [6.07, 6.45) is 12.5. The molecule has 4 heteroatoms. The lowest BCUT2D eigenvalue weighted by atomic mass is 9.64. The van der Waals surface area contributed by atoms with Gasteiger partial charge in [0.2, 0.25) is 11.4 Å². The topological polar surface area (TPSA) is 7.76 Å². The fourth-order valence-electron chi connectivity index (χ4n) is 10.7. The summed E-state index contributed by atoms with van der Waals surface area (Å²) >= 11 is 0. The van der Waals surface area contributed by atoms with E-state index >= 15 is 8.78 Å². The van der Waals surface area contributed by atoms with Gasteiger partial charge in [0, 0.05) is 39.5 Å². The lowest BCUT2D eigenvalue weighted by Crippen LogP contribution is -2.39. The Morgan fingerprint density at radius 3 is 2.02 bits per heavy atom. The second-order valence-corrected chi connectivity index (χ2v) is 17.0. The van der Waals surface area contributed by atoms with E-state index in [0.717, 1.165) is 82.6 Å². The quantitative estimate of drug-likeness (QED) is 0.146. The number of pyridine rings is 2. The van der Waals surface area contributed by atoms with Crippen LogP contribution in [0.3, 0.4) is 0 Å². The van der Waals surface area contributed by atoms with Crippen LogP contribution >= 0.6 is 0 Å². The maximum absolute atomic E-state index is 16.6. The number of aromatic nitrogens is 2. The van der Waals surface area contributed by atoms with Crippen molar-refractivity contribution in [2.75, 3.05) is 0 Å². The lowest BCUT2D eigenvalue weighted by molar-refractivity contribution is -0.659. The number of aryl methyl sites for hydroxylation is 2. The molecule has 2 aromatic heterocycles. The van der Waals surface area contributed by atoms with E-state index in [-0.39, 0.29) is 17.0 Å². The molecule has 3 heterocycles. The number of hydrogen-bond acceptors (Lipinski definition) is 0. The van der Waals surface area contributed by atoms with Gasteiger partial charge in [-0.1, -0.05) is 97.4 Å². The average Bonchev–Trinajstić information content (AvgIpc) is 3.26. The van der Waals surface area contributed by atoms with Crippen LogP contribution in [-0.2, 0) is 36.1 Å². The summed E-state index contributed by atoms with van der Waals surface area (Å²) in [4.78, 5) is 0. The summed E-state index contributed by atoms with van der Waals surface area (Å²) in [5.74, 6) is -0.310. The van der Waals surface area contributed by atoms with Crippen LogP contribution in [0.25, 0.3) is 49.8 Å². The van der Waals surface area contributed by atoms with Crippen molar-refractivity contribution < 1.29 is 17.9 Å². The Balaban J connectivity index is 1.38. The van der Waals surface area contributed by atoms with E-state index < -0.39 is 10.8 Å². The van der Waals surface area contributed by atoms with Crippen molar-refractivity contribution in [1.29, 1.82) is 0 Å². The Morgan fingerprint density at radius 2 is 1.30 bits per heavy atom. The number of nitrogens with zero attached hydrogens (tertiary/aromatic N) is 2. The summed E-state index contributed by atoms with van der Waals surface area (Å²) in [5.41, 5.74) is 11.5. The van der Waals surface area contributed by atoms with Crippen LogP contribution < -0.4 is 9.13 Å². The van der Waals surface area contributed by atoms with E-state index in [0.29, 0.717) is 6.42 Å². The summed E-state index contributed by atoms with van der Waals surface area (Å²) in [7, 11) is 2.08. The minimum Gasteiger partial charge on any atom is -0.207 e. The molecule has 0 unspecified atom stereocenters. The molecular formula is C49H50F2N2+2. The van der Waals surface area contributed by atoms with Gasteiger partial charge in [-0.2, -0.15) is 4.57 Å². The van der Waals surface area contributed by atoms with E-state index in [2.05, 4.69) is 132 Å². The predicted molar refractivity (Wildman–Crippen MR) is 213 cm³/mol. The third-order valence-corrected chi connectivity index (χ3v) is 13.6. The highest BCUT2D eigenvalue weighted by Gasteiger charge is 2.48. The highest BCUT2D eigenvalue weighted by Crippen LogP contribution is 2.55. The number of rotatable bonds is 7. The van der Waals surface area contributed by atoms with Crippen molar-refractivity contribution >= 4 is 27.2 Å². The molecular weight excluding hydrogens is 655 g/mol. The smallest absolute Gasteiger partial charge is 0.207 e. The Morgan fingerprint density at radius 1 is 0.642 bits per heavy atom. The van der Waals surface area contributed by atoms with Gasteiger partial charge in [0.05, 0.1) is 28.3 Å². The Labute approximate surface area is 312 Å². The van der Waals surface area contributed by atoms with Gasteiger partial charge >= 0.3 is 0 Å². The molecule has 6 aromatic rings. The summed E-state index contributed by atoms with van der Waals surface area (Å²) in [6.45, 7) is 15.5. The maximum atomic E-state index is 16.6. The number of allylic oxidation sites excluding steroid dienone is 2. The maximum Gasteiger partial charge on any atom is 0.227 e. The fourth-order valence-corrected chi connectivity index (χ4v) is 10.7. The van der Waals surface area contributed by atoms with Crippen LogP contribution in [0.2, 0.25) is 0 Å². The zero-order valence-corrected chi connectivity index (χ0v) is 32.5. The largest absolute Gasteiger partial charge is 0.227 e. The number of unbranched alkanes of at least 4 members (excludes halogenated alkanes) is 1. The Bertz CT molecular complexity index is 2580. The van der Waals surface area contributed by atoms with Crippen molar-refractivity contribution in [2.24, 2.45) is 7.05 Å². The first kappa shape index (κ1) is 34.1. The highest BCUT2D eigenvalue weighted by atomic mass is 19.1. The molecule has 53 heavy (non-hydrogen) atoms. The molecule has 0 atom stereocenters. The van der Waals surface area contributed by atoms with Gasteiger partial charge in [-0.15, -0.1) is 0 Å². The molecule has 0 N–H and O–H groups in total. The molecule has 0 saturated heterocycles. The molecule has 0 bridgehead atoms. The van der Waals surface area contributed by atoms with Gasteiger partial charge in [-0.25, -0.2) is 13.3 Å². The molecule has 2 aliphatic carbocycles. The SMILES string of the molecule is CCCCc1ccc2c3c4[n+](ccc13)C(Cc1ccc(F)c3c1-c1c5c(cccc5cc[n+]1C)C3(C)C)=CC(CC)(CC)c1ccc(F)c(c1-4)C2(C)C.